The molecule has 0 fully saturated rings. The number of hydrogen-bond acceptors (Lipinski definition) is 3. The molecule has 0 aliphatic rings. The Morgan fingerprint density at radius 3 is 2.52 bits per heavy atom. The second kappa shape index (κ2) is 7.32. The van der Waals surface area contributed by atoms with Crippen molar-refractivity contribution in [3.63, 3.8) is 0 Å². The number of pyridine rings is 1. The van der Waals surface area contributed by atoms with Crippen LogP contribution in [0.4, 0.5) is 5.82 Å². The SMILES string of the molecule is Cc1nn(C)c(Cl)c1/C=C/C(=O)Nc1ccc(-c2ccccc2)cn1. The van der Waals surface area contributed by atoms with Crippen molar-refractivity contribution in [1.29, 1.82) is 0 Å². The summed E-state index contributed by atoms with van der Waals surface area (Å²) in [5.74, 6) is 0.211. The maximum Gasteiger partial charge on any atom is 0.249 e. The molecule has 0 saturated heterocycles. The Morgan fingerprint density at radius 2 is 1.92 bits per heavy atom. The van der Waals surface area contributed by atoms with Crippen molar-refractivity contribution in [3.05, 3.63) is 71.1 Å². The van der Waals surface area contributed by atoms with Crippen LogP contribution in [0.2, 0.25) is 5.15 Å². The van der Waals surface area contributed by atoms with Gasteiger partial charge in [-0.2, -0.15) is 5.10 Å². The molecular weight excluding hydrogens is 336 g/mol. The molecular formula is C19H17ClN4O. The van der Waals surface area contributed by atoms with E-state index in [4.69, 9.17) is 11.6 Å². The van der Waals surface area contributed by atoms with E-state index in [1.807, 2.05) is 43.3 Å². The highest BCUT2D eigenvalue weighted by Gasteiger charge is 2.08. The molecule has 0 unspecified atom stereocenters. The van der Waals surface area contributed by atoms with E-state index in [0.717, 1.165) is 22.4 Å². The number of hydrogen-bond donors (Lipinski definition) is 1. The first-order chi connectivity index (χ1) is 12.0. The van der Waals surface area contributed by atoms with Crippen LogP contribution < -0.4 is 5.32 Å². The Hall–Kier alpha value is -2.92. The van der Waals surface area contributed by atoms with Crippen molar-refractivity contribution in [2.75, 3.05) is 5.32 Å². The third-order valence-corrected chi connectivity index (χ3v) is 4.17. The monoisotopic (exact) mass is 352 g/mol. The van der Waals surface area contributed by atoms with Crippen molar-refractivity contribution in [2.24, 2.45) is 7.05 Å². The van der Waals surface area contributed by atoms with E-state index < -0.39 is 0 Å². The number of aryl methyl sites for hydroxylation is 2. The fourth-order valence-electron chi connectivity index (χ4n) is 2.43. The second-order valence-electron chi connectivity index (χ2n) is 5.53. The maximum atomic E-state index is 12.1. The quantitative estimate of drug-likeness (QED) is 0.719. The van der Waals surface area contributed by atoms with E-state index in [9.17, 15) is 4.79 Å². The summed E-state index contributed by atoms with van der Waals surface area (Å²) in [6.45, 7) is 1.84. The first-order valence-electron chi connectivity index (χ1n) is 7.74. The molecule has 0 bridgehead atoms. The normalized spacial score (nSPS) is 11.0. The third-order valence-electron chi connectivity index (χ3n) is 3.72. The van der Waals surface area contributed by atoms with Gasteiger partial charge in [0.1, 0.15) is 11.0 Å². The number of nitrogens with one attached hydrogen (secondary N) is 1. The van der Waals surface area contributed by atoms with Crippen LogP contribution in [-0.4, -0.2) is 20.7 Å². The van der Waals surface area contributed by atoms with Crippen molar-refractivity contribution in [2.45, 2.75) is 6.92 Å². The van der Waals surface area contributed by atoms with Crippen LogP contribution >= 0.6 is 11.6 Å². The molecule has 3 aromatic rings. The Balaban J connectivity index is 1.68. The largest absolute Gasteiger partial charge is 0.307 e. The van der Waals surface area contributed by atoms with Gasteiger partial charge in [-0.1, -0.05) is 41.9 Å². The number of amides is 1. The average Bonchev–Trinajstić information content (AvgIpc) is 2.86. The number of nitrogens with zero attached hydrogens (tertiary/aromatic N) is 3. The van der Waals surface area contributed by atoms with Crippen LogP contribution in [0.25, 0.3) is 17.2 Å². The van der Waals surface area contributed by atoms with Crippen molar-refractivity contribution in [1.82, 2.24) is 14.8 Å². The van der Waals surface area contributed by atoms with Gasteiger partial charge in [0.25, 0.3) is 0 Å². The second-order valence-corrected chi connectivity index (χ2v) is 5.89. The summed E-state index contributed by atoms with van der Waals surface area (Å²) in [6, 6.07) is 13.6. The van der Waals surface area contributed by atoms with Gasteiger partial charge in [0.2, 0.25) is 5.91 Å². The highest BCUT2D eigenvalue weighted by atomic mass is 35.5. The van der Waals surface area contributed by atoms with Crippen molar-refractivity contribution in [3.8, 4) is 11.1 Å². The van der Waals surface area contributed by atoms with Crippen LogP contribution in [0, 0.1) is 6.92 Å². The van der Waals surface area contributed by atoms with E-state index in [1.54, 1.807) is 30.1 Å². The highest BCUT2D eigenvalue weighted by Crippen LogP contribution is 2.21. The Morgan fingerprint density at radius 1 is 1.16 bits per heavy atom. The zero-order chi connectivity index (χ0) is 17.8. The van der Waals surface area contributed by atoms with Crippen LogP contribution in [0.15, 0.2) is 54.7 Å². The molecule has 0 aliphatic heterocycles. The van der Waals surface area contributed by atoms with E-state index in [1.165, 1.54) is 6.08 Å². The Bertz CT molecular complexity index is 915. The molecule has 0 spiro atoms. The smallest absolute Gasteiger partial charge is 0.249 e. The molecule has 2 aromatic heterocycles. The molecule has 2 heterocycles. The molecule has 0 radical (unpaired) electrons. The number of carbonyl (C=O) groups is 1. The topological polar surface area (TPSA) is 59.8 Å². The minimum atomic E-state index is -0.278. The molecule has 6 heteroatoms. The number of carbonyl (C=O) groups excluding carboxylic acids is 1. The Kier molecular flexibility index (Phi) is 4.95. The minimum absolute atomic E-state index is 0.278. The highest BCUT2D eigenvalue weighted by molar-refractivity contribution is 6.31. The van der Waals surface area contributed by atoms with Gasteiger partial charge in [-0.25, -0.2) is 4.98 Å². The molecule has 1 aromatic carbocycles. The number of rotatable bonds is 4. The summed E-state index contributed by atoms with van der Waals surface area (Å²) in [7, 11) is 1.75. The molecule has 1 amide bonds. The van der Waals surface area contributed by atoms with Gasteiger partial charge >= 0.3 is 0 Å². The predicted octanol–water partition coefficient (Wildman–Crippen LogP) is 4.10. The number of aromatic nitrogens is 3. The standard InChI is InChI=1S/C19H17ClN4O/c1-13-16(19(20)24(2)23-13)9-11-18(25)22-17-10-8-15(12-21-17)14-6-4-3-5-7-14/h3-12H,1-2H3,(H,21,22,25)/b11-9+. The third kappa shape index (κ3) is 3.95. The average molecular weight is 353 g/mol. The summed E-state index contributed by atoms with van der Waals surface area (Å²) in [4.78, 5) is 16.3. The van der Waals surface area contributed by atoms with E-state index in [0.29, 0.717) is 11.0 Å². The molecule has 0 saturated carbocycles. The molecule has 1 N–H and O–H groups in total. The minimum Gasteiger partial charge on any atom is -0.307 e. The summed E-state index contributed by atoms with van der Waals surface area (Å²) < 4.78 is 1.57. The maximum absolute atomic E-state index is 12.1. The van der Waals surface area contributed by atoms with Gasteiger partial charge in [0, 0.05) is 30.4 Å². The van der Waals surface area contributed by atoms with Crippen LogP contribution in [0.1, 0.15) is 11.3 Å². The number of halogens is 1. The summed E-state index contributed by atoms with van der Waals surface area (Å²) >= 11 is 6.14. The van der Waals surface area contributed by atoms with Gasteiger partial charge in [0.15, 0.2) is 0 Å². The van der Waals surface area contributed by atoms with Crippen LogP contribution in [0.5, 0.6) is 0 Å². The zero-order valence-corrected chi connectivity index (χ0v) is 14.7. The van der Waals surface area contributed by atoms with Gasteiger partial charge in [-0.05, 0) is 30.7 Å². The van der Waals surface area contributed by atoms with E-state index >= 15 is 0 Å². The first-order valence-corrected chi connectivity index (χ1v) is 8.12. The lowest BCUT2D eigenvalue weighted by molar-refractivity contribution is -0.111. The van der Waals surface area contributed by atoms with Crippen LogP contribution in [-0.2, 0) is 11.8 Å². The Labute approximate surface area is 151 Å². The summed E-state index contributed by atoms with van der Waals surface area (Å²) in [5.41, 5.74) is 3.56. The van der Waals surface area contributed by atoms with E-state index in [-0.39, 0.29) is 5.91 Å². The zero-order valence-electron chi connectivity index (χ0n) is 13.9. The predicted molar refractivity (Wildman–Crippen MR) is 100 cm³/mol. The van der Waals surface area contributed by atoms with Gasteiger partial charge in [-0.15, -0.1) is 0 Å². The lowest BCUT2D eigenvalue weighted by Crippen LogP contribution is -2.09. The van der Waals surface area contributed by atoms with Gasteiger partial charge in [-0.3, -0.25) is 9.48 Å². The van der Waals surface area contributed by atoms with Crippen molar-refractivity contribution < 1.29 is 4.79 Å². The van der Waals surface area contributed by atoms with Crippen LogP contribution in [0.3, 0.4) is 0 Å². The van der Waals surface area contributed by atoms with Gasteiger partial charge in [0.05, 0.1) is 5.69 Å². The van der Waals surface area contributed by atoms with Crippen molar-refractivity contribution >= 4 is 29.4 Å². The fraction of sp³-hybridized carbons (Fsp3) is 0.105. The molecule has 25 heavy (non-hydrogen) atoms. The van der Waals surface area contributed by atoms with E-state index in [2.05, 4.69) is 15.4 Å². The summed E-state index contributed by atoms with van der Waals surface area (Å²) in [5, 5.41) is 7.42. The van der Waals surface area contributed by atoms with Gasteiger partial charge < -0.3 is 5.32 Å². The number of benzene rings is 1. The number of anilines is 1. The first kappa shape index (κ1) is 16.9. The summed E-state index contributed by atoms with van der Waals surface area (Å²) in [6.07, 6.45) is 4.80. The molecule has 5 nitrogen and oxygen atoms in total. The molecule has 0 aliphatic carbocycles. The lowest BCUT2D eigenvalue weighted by atomic mass is 10.1. The molecule has 0 atom stereocenters. The lowest BCUT2D eigenvalue weighted by Gasteiger charge is -2.04. The molecule has 126 valence electrons. The fourth-order valence-corrected chi connectivity index (χ4v) is 2.67. The molecule has 3 rings (SSSR count).